The molecule has 98 valence electrons. The second-order valence-electron chi connectivity index (χ2n) is 4.85. The Kier molecular flexibility index (Phi) is 3.99. The number of aryl methyl sites for hydroxylation is 2. The third kappa shape index (κ3) is 2.89. The van der Waals surface area contributed by atoms with E-state index in [4.69, 9.17) is 10.5 Å². The minimum Gasteiger partial charge on any atom is -0.364 e. The van der Waals surface area contributed by atoms with Gasteiger partial charge in [-0.05, 0) is 49.9 Å². The van der Waals surface area contributed by atoms with Crippen LogP contribution in [0.15, 0.2) is 18.2 Å². The van der Waals surface area contributed by atoms with Crippen molar-refractivity contribution in [2.45, 2.75) is 38.9 Å². The van der Waals surface area contributed by atoms with E-state index in [0.717, 1.165) is 18.5 Å². The lowest BCUT2D eigenvalue weighted by molar-refractivity contribution is -0.126. The molecule has 0 bridgehead atoms. The summed E-state index contributed by atoms with van der Waals surface area (Å²) < 4.78 is 5.56. The largest absolute Gasteiger partial charge is 0.364 e. The van der Waals surface area contributed by atoms with Gasteiger partial charge in [0.2, 0.25) is 0 Å². The lowest BCUT2D eigenvalue weighted by Crippen LogP contribution is -2.29. The van der Waals surface area contributed by atoms with Gasteiger partial charge in [0.05, 0.1) is 6.10 Å². The molecule has 0 aromatic heterocycles. The topological polar surface area (TPSA) is 64.4 Å². The predicted molar refractivity (Wildman–Crippen MR) is 71.5 cm³/mol. The number of amides is 1. The second-order valence-corrected chi connectivity index (χ2v) is 4.85. The number of hydrogen-bond acceptors (Lipinski definition) is 3. The van der Waals surface area contributed by atoms with Crippen molar-refractivity contribution in [3.63, 3.8) is 0 Å². The van der Waals surface area contributed by atoms with E-state index in [-0.39, 0.29) is 18.1 Å². The SMILES string of the molecule is Cc1ccc(NC(=O)C2CCC(CN)O2)cc1C. The molecule has 2 rings (SSSR count). The van der Waals surface area contributed by atoms with Crippen molar-refractivity contribution in [1.29, 1.82) is 0 Å². The van der Waals surface area contributed by atoms with E-state index >= 15 is 0 Å². The van der Waals surface area contributed by atoms with Crippen molar-refractivity contribution < 1.29 is 9.53 Å². The number of hydrogen-bond donors (Lipinski definition) is 2. The average molecular weight is 248 g/mol. The second kappa shape index (κ2) is 5.50. The van der Waals surface area contributed by atoms with Gasteiger partial charge in [0.25, 0.3) is 5.91 Å². The Morgan fingerprint density at radius 2 is 2.17 bits per heavy atom. The molecule has 2 unspecified atom stereocenters. The lowest BCUT2D eigenvalue weighted by Gasteiger charge is -2.13. The van der Waals surface area contributed by atoms with Crippen molar-refractivity contribution in [2.75, 3.05) is 11.9 Å². The normalized spacial score (nSPS) is 23.1. The molecule has 0 radical (unpaired) electrons. The molecule has 4 nitrogen and oxygen atoms in total. The minimum absolute atomic E-state index is 0.0282. The molecule has 0 spiro atoms. The highest BCUT2D eigenvalue weighted by atomic mass is 16.5. The van der Waals surface area contributed by atoms with Gasteiger partial charge in [0.1, 0.15) is 6.10 Å². The fraction of sp³-hybridized carbons (Fsp3) is 0.500. The van der Waals surface area contributed by atoms with E-state index in [2.05, 4.69) is 5.32 Å². The summed E-state index contributed by atoms with van der Waals surface area (Å²) in [7, 11) is 0. The zero-order valence-corrected chi connectivity index (χ0v) is 10.9. The summed E-state index contributed by atoms with van der Waals surface area (Å²) in [4.78, 5) is 12.0. The summed E-state index contributed by atoms with van der Waals surface area (Å²) in [5.41, 5.74) is 8.73. The van der Waals surface area contributed by atoms with Crippen LogP contribution in [-0.2, 0) is 9.53 Å². The zero-order chi connectivity index (χ0) is 13.1. The molecule has 1 saturated heterocycles. The standard InChI is InChI=1S/C14H20N2O2/c1-9-3-4-11(7-10(9)2)16-14(17)13-6-5-12(8-15)18-13/h3-4,7,12-13H,5-6,8,15H2,1-2H3,(H,16,17). The first kappa shape index (κ1) is 13.1. The maximum absolute atomic E-state index is 12.0. The smallest absolute Gasteiger partial charge is 0.253 e. The van der Waals surface area contributed by atoms with Gasteiger partial charge in [-0.1, -0.05) is 6.07 Å². The van der Waals surface area contributed by atoms with E-state index < -0.39 is 0 Å². The Morgan fingerprint density at radius 1 is 1.39 bits per heavy atom. The molecule has 1 aliphatic heterocycles. The first-order valence-electron chi connectivity index (χ1n) is 6.34. The van der Waals surface area contributed by atoms with Gasteiger partial charge in [0.15, 0.2) is 0 Å². The van der Waals surface area contributed by atoms with Crippen LogP contribution in [0.2, 0.25) is 0 Å². The molecule has 4 heteroatoms. The van der Waals surface area contributed by atoms with Crippen molar-refractivity contribution in [1.82, 2.24) is 0 Å². The molecule has 1 amide bonds. The molecule has 1 heterocycles. The maximum atomic E-state index is 12.0. The highest BCUT2D eigenvalue weighted by Gasteiger charge is 2.29. The van der Waals surface area contributed by atoms with Crippen LogP contribution in [0.4, 0.5) is 5.69 Å². The fourth-order valence-electron chi connectivity index (χ4n) is 2.11. The van der Waals surface area contributed by atoms with Crippen molar-refractivity contribution in [3.05, 3.63) is 29.3 Å². The quantitative estimate of drug-likeness (QED) is 0.856. The zero-order valence-electron chi connectivity index (χ0n) is 10.9. The Morgan fingerprint density at radius 3 is 2.78 bits per heavy atom. The number of carbonyl (C=O) groups is 1. The minimum atomic E-state index is -0.361. The van der Waals surface area contributed by atoms with Crippen LogP contribution in [0.25, 0.3) is 0 Å². The third-order valence-corrected chi connectivity index (χ3v) is 3.44. The first-order valence-corrected chi connectivity index (χ1v) is 6.34. The van der Waals surface area contributed by atoms with Gasteiger partial charge < -0.3 is 15.8 Å². The molecule has 1 aromatic rings. The van der Waals surface area contributed by atoms with Gasteiger partial charge in [-0.15, -0.1) is 0 Å². The number of nitrogens with two attached hydrogens (primary N) is 1. The number of carbonyl (C=O) groups excluding carboxylic acids is 1. The molecule has 1 fully saturated rings. The Bertz CT molecular complexity index is 445. The molecule has 18 heavy (non-hydrogen) atoms. The molecule has 1 aromatic carbocycles. The van der Waals surface area contributed by atoms with Gasteiger partial charge in [-0.2, -0.15) is 0 Å². The van der Waals surface area contributed by atoms with Crippen LogP contribution in [0.3, 0.4) is 0 Å². The van der Waals surface area contributed by atoms with E-state index in [9.17, 15) is 4.79 Å². The molecule has 2 atom stereocenters. The summed E-state index contributed by atoms with van der Waals surface area (Å²) in [6.07, 6.45) is 1.28. The van der Waals surface area contributed by atoms with Crippen LogP contribution < -0.4 is 11.1 Å². The monoisotopic (exact) mass is 248 g/mol. The predicted octanol–water partition coefficient (Wildman–Crippen LogP) is 1.75. The Balaban J connectivity index is 1.97. The third-order valence-electron chi connectivity index (χ3n) is 3.44. The van der Waals surface area contributed by atoms with E-state index in [1.807, 2.05) is 32.0 Å². The van der Waals surface area contributed by atoms with Crippen LogP contribution in [0.1, 0.15) is 24.0 Å². The van der Waals surface area contributed by atoms with Crippen LogP contribution in [0.5, 0.6) is 0 Å². The summed E-state index contributed by atoms with van der Waals surface area (Å²) in [6.45, 7) is 4.56. The number of ether oxygens (including phenoxy) is 1. The molecular formula is C14H20N2O2. The van der Waals surface area contributed by atoms with Gasteiger partial charge in [-0.3, -0.25) is 4.79 Å². The van der Waals surface area contributed by atoms with Crippen LogP contribution in [0, 0.1) is 13.8 Å². The Labute approximate surface area is 108 Å². The van der Waals surface area contributed by atoms with E-state index in [1.165, 1.54) is 11.1 Å². The van der Waals surface area contributed by atoms with Crippen molar-refractivity contribution >= 4 is 11.6 Å². The summed E-state index contributed by atoms with van der Waals surface area (Å²) in [5, 5.41) is 2.89. The van der Waals surface area contributed by atoms with Crippen molar-refractivity contribution in [3.8, 4) is 0 Å². The molecule has 3 N–H and O–H groups in total. The number of nitrogens with one attached hydrogen (secondary N) is 1. The fourth-order valence-corrected chi connectivity index (χ4v) is 2.11. The molecule has 0 aliphatic carbocycles. The number of anilines is 1. The summed E-state index contributed by atoms with van der Waals surface area (Å²) in [5.74, 6) is -0.0748. The number of rotatable bonds is 3. The maximum Gasteiger partial charge on any atom is 0.253 e. The van der Waals surface area contributed by atoms with E-state index in [0.29, 0.717) is 6.54 Å². The first-order chi connectivity index (χ1) is 8.60. The molecular weight excluding hydrogens is 228 g/mol. The van der Waals surface area contributed by atoms with Gasteiger partial charge >= 0.3 is 0 Å². The number of benzene rings is 1. The van der Waals surface area contributed by atoms with E-state index in [1.54, 1.807) is 0 Å². The molecule has 1 aliphatic rings. The Hall–Kier alpha value is -1.39. The van der Waals surface area contributed by atoms with Crippen LogP contribution >= 0.6 is 0 Å². The lowest BCUT2D eigenvalue weighted by atomic mass is 10.1. The highest BCUT2D eigenvalue weighted by molar-refractivity contribution is 5.94. The van der Waals surface area contributed by atoms with Gasteiger partial charge in [0, 0.05) is 12.2 Å². The summed E-state index contributed by atoms with van der Waals surface area (Å²) >= 11 is 0. The van der Waals surface area contributed by atoms with Gasteiger partial charge in [-0.25, -0.2) is 0 Å². The average Bonchev–Trinajstić information content (AvgIpc) is 2.82. The van der Waals surface area contributed by atoms with Crippen molar-refractivity contribution in [2.24, 2.45) is 5.73 Å². The molecule has 0 saturated carbocycles. The summed E-state index contributed by atoms with van der Waals surface area (Å²) in [6, 6.07) is 5.89. The highest BCUT2D eigenvalue weighted by Crippen LogP contribution is 2.21. The van der Waals surface area contributed by atoms with Crippen LogP contribution in [-0.4, -0.2) is 24.7 Å².